The van der Waals surface area contributed by atoms with E-state index in [-0.39, 0.29) is 5.82 Å². The largest absolute Gasteiger partial charge is 0.497 e. The van der Waals surface area contributed by atoms with Crippen LogP contribution < -0.4 is 14.8 Å². The van der Waals surface area contributed by atoms with Gasteiger partial charge in [0.25, 0.3) is 0 Å². The molecule has 0 saturated carbocycles. The molecule has 4 nitrogen and oxygen atoms in total. The summed E-state index contributed by atoms with van der Waals surface area (Å²) in [5.74, 6) is 1.36. The molecule has 2 aromatic carbocycles. The topological polar surface area (TPSA) is 33.7 Å². The van der Waals surface area contributed by atoms with Gasteiger partial charge in [-0.3, -0.25) is 0 Å². The predicted molar refractivity (Wildman–Crippen MR) is 102 cm³/mol. The van der Waals surface area contributed by atoms with E-state index < -0.39 is 0 Å². The molecular weight excluding hydrogens is 331 g/mol. The Kier molecular flexibility index (Phi) is 5.91. The summed E-state index contributed by atoms with van der Waals surface area (Å²) in [6, 6.07) is 12.4. The molecule has 2 aromatic rings. The molecule has 0 bridgehead atoms. The van der Waals surface area contributed by atoms with E-state index in [1.165, 1.54) is 12.1 Å². The van der Waals surface area contributed by atoms with Crippen molar-refractivity contribution in [3.63, 3.8) is 0 Å². The van der Waals surface area contributed by atoms with Gasteiger partial charge in [-0.05, 0) is 61.1 Å². The van der Waals surface area contributed by atoms with E-state index in [1.807, 2.05) is 30.3 Å². The van der Waals surface area contributed by atoms with Crippen LogP contribution in [0, 0.1) is 5.82 Å². The number of nitrogens with one attached hydrogen (secondary N) is 1. The first kappa shape index (κ1) is 18.4. The molecule has 5 heteroatoms. The number of hydrogen-bond acceptors (Lipinski definition) is 4. The van der Waals surface area contributed by atoms with E-state index in [9.17, 15) is 4.39 Å². The molecule has 1 heterocycles. The van der Waals surface area contributed by atoms with Gasteiger partial charge < -0.3 is 19.7 Å². The van der Waals surface area contributed by atoms with Crippen molar-refractivity contribution in [1.82, 2.24) is 10.2 Å². The Hall–Kier alpha value is -2.37. The molecule has 0 amide bonds. The number of rotatable bonds is 7. The fourth-order valence-corrected chi connectivity index (χ4v) is 3.04. The van der Waals surface area contributed by atoms with E-state index in [4.69, 9.17) is 9.47 Å². The summed E-state index contributed by atoms with van der Waals surface area (Å²) in [5.41, 5.74) is 4.19. The molecule has 1 aliphatic heterocycles. The van der Waals surface area contributed by atoms with Gasteiger partial charge in [0.15, 0.2) is 0 Å². The number of halogens is 1. The van der Waals surface area contributed by atoms with Crippen molar-refractivity contribution in [2.45, 2.75) is 0 Å². The minimum Gasteiger partial charge on any atom is -0.497 e. The minimum atomic E-state index is -0.238. The molecule has 26 heavy (non-hydrogen) atoms. The summed E-state index contributed by atoms with van der Waals surface area (Å²) in [4.78, 5) is 2.14. The van der Waals surface area contributed by atoms with Crippen molar-refractivity contribution < 1.29 is 13.9 Å². The maximum atomic E-state index is 13.4. The van der Waals surface area contributed by atoms with Crippen LogP contribution >= 0.6 is 0 Å². The van der Waals surface area contributed by atoms with Crippen LogP contribution in [0.3, 0.4) is 0 Å². The molecule has 1 aliphatic rings. The van der Waals surface area contributed by atoms with Gasteiger partial charge in [-0.2, -0.15) is 0 Å². The molecule has 0 aromatic heterocycles. The van der Waals surface area contributed by atoms with E-state index >= 15 is 0 Å². The lowest BCUT2D eigenvalue weighted by atomic mass is 9.90. The second kappa shape index (κ2) is 8.34. The number of hydrogen-bond donors (Lipinski definition) is 1. The highest BCUT2D eigenvalue weighted by atomic mass is 19.1. The van der Waals surface area contributed by atoms with Gasteiger partial charge in [0.2, 0.25) is 0 Å². The lowest BCUT2D eigenvalue weighted by Crippen LogP contribution is -2.30. The first-order chi connectivity index (χ1) is 12.6. The number of fused-ring (bicyclic) bond motifs is 1. The average molecular weight is 356 g/mol. The Morgan fingerprint density at radius 3 is 2.62 bits per heavy atom. The van der Waals surface area contributed by atoms with Gasteiger partial charge in [0, 0.05) is 25.2 Å². The van der Waals surface area contributed by atoms with Crippen LogP contribution in [0.25, 0.3) is 5.57 Å². The fraction of sp³-hybridized carbons (Fsp3) is 0.333. The number of methoxy groups -OCH3 is 1. The second-order valence-corrected chi connectivity index (χ2v) is 6.62. The quantitative estimate of drug-likeness (QED) is 0.773. The van der Waals surface area contributed by atoms with Gasteiger partial charge in [0.1, 0.15) is 23.9 Å². The van der Waals surface area contributed by atoms with Crippen LogP contribution in [-0.2, 0) is 0 Å². The highest BCUT2D eigenvalue weighted by Crippen LogP contribution is 2.39. The van der Waals surface area contributed by atoms with Crippen LogP contribution in [-0.4, -0.2) is 52.3 Å². The van der Waals surface area contributed by atoms with E-state index in [1.54, 1.807) is 7.11 Å². The van der Waals surface area contributed by atoms with E-state index in [0.29, 0.717) is 6.61 Å². The molecule has 0 atom stereocenters. The van der Waals surface area contributed by atoms with Crippen LogP contribution in [0.1, 0.15) is 11.1 Å². The van der Waals surface area contributed by atoms with Gasteiger partial charge >= 0.3 is 0 Å². The smallest absolute Gasteiger partial charge is 0.127 e. The minimum absolute atomic E-state index is 0.238. The molecule has 0 spiro atoms. The fourth-order valence-electron chi connectivity index (χ4n) is 3.04. The van der Waals surface area contributed by atoms with Gasteiger partial charge in [-0.15, -0.1) is 0 Å². The first-order valence-corrected chi connectivity index (χ1v) is 8.73. The monoisotopic (exact) mass is 356 g/mol. The molecule has 0 aliphatic carbocycles. The average Bonchev–Trinajstić information content (AvgIpc) is 2.65. The molecular formula is C21H25FN2O2. The standard InChI is InChI=1S/C21H25FN2O2/c1-24(2)11-10-23-13-16-14-26-20-9-8-18(25-3)12-19(20)21(16)15-4-6-17(22)7-5-15/h4-9,12,23H,10-11,13-14H2,1-3H3. The third kappa shape index (κ3) is 4.23. The summed E-state index contributed by atoms with van der Waals surface area (Å²) >= 11 is 0. The van der Waals surface area contributed by atoms with Gasteiger partial charge in [-0.1, -0.05) is 12.1 Å². The zero-order chi connectivity index (χ0) is 18.5. The Balaban J connectivity index is 1.97. The van der Waals surface area contributed by atoms with E-state index in [0.717, 1.165) is 53.4 Å². The Labute approximate surface area is 154 Å². The Morgan fingerprint density at radius 1 is 1.15 bits per heavy atom. The Morgan fingerprint density at radius 2 is 1.92 bits per heavy atom. The molecule has 0 radical (unpaired) electrons. The number of benzene rings is 2. The normalized spacial score (nSPS) is 13.6. The molecule has 1 N–H and O–H groups in total. The highest BCUT2D eigenvalue weighted by molar-refractivity contribution is 5.87. The molecule has 0 fully saturated rings. The first-order valence-electron chi connectivity index (χ1n) is 8.73. The zero-order valence-electron chi connectivity index (χ0n) is 15.5. The number of ether oxygens (including phenoxy) is 2. The van der Waals surface area contributed by atoms with Crippen LogP contribution in [0.5, 0.6) is 11.5 Å². The molecule has 138 valence electrons. The highest BCUT2D eigenvalue weighted by Gasteiger charge is 2.22. The lowest BCUT2D eigenvalue weighted by molar-refractivity contribution is 0.338. The number of likely N-dealkylation sites (N-methyl/N-ethyl adjacent to an activating group) is 1. The summed E-state index contributed by atoms with van der Waals surface area (Å²) < 4.78 is 24.7. The lowest BCUT2D eigenvalue weighted by Gasteiger charge is -2.25. The van der Waals surface area contributed by atoms with Crippen molar-refractivity contribution in [3.8, 4) is 11.5 Å². The van der Waals surface area contributed by atoms with Crippen LogP contribution in [0.2, 0.25) is 0 Å². The predicted octanol–water partition coefficient (Wildman–Crippen LogP) is 3.18. The van der Waals surface area contributed by atoms with Crippen molar-refractivity contribution in [1.29, 1.82) is 0 Å². The molecule has 0 unspecified atom stereocenters. The number of nitrogens with zero attached hydrogens (tertiary/aromatic N) is 1. The van der Waals surface area contributed by atoms with Crippen molar-refractivity contribution in [3.05, 3.63) is 65.0 Å². The summed E-state index contributed by atoms with van der Waals surface area (Å²) in [5, 5.41) is 3.47. The second-order valence-electron chi connectivity index (χ2n) is 6.62. The third-order valence-corrected chi connectivity index (χ3v) is 4.42. The maximum absolute atomic E-state index is 13.4. The summed E-state index contributed by atoms with van der Waals surface area (Å²) in [7, 11) is 5.75. The van der Waals surface area contributed by atoms with Crippen molar-refractivity contribution in [2.24, 2.45) is 0 Å². The molecule has 0 saturated heterocycles. The Bertz CT molecular complexity index is 785. The summed E-state index contributed by atoms with van der Waals surface area (Å²) in [6.45, 7) is 3.08. The van der Waals surface area contributed by atoms with Crippen LogP contribution in [0.4, 0.5) is 4.39 Å². The molecule has 3 rings (SSSR count). The third-order valence-electron chi connectivity index (χ3n) is 4.42. The van der Waals surface area contributed by atoms with Crippen LogP contribution in [0.15, 0.2) is 48.0 Å². The SMILES string of the molecule is COc1ccc2c(c1)C(c1ccc(F)cc1)=C(CNCCN(C)C)CO2. The summed E-state index contributed by atoms with van der Waals surface area (Å²) in [6.07, 6.45) is 0. The van der Waals surface area contributed by atoms with Crippen molar-refractivity contribution >= 4 is 5.57 Å². The van der Waals surface area contributed by atoms with Gasteiger partial charge in [0.05, 0.1) is 7.11 Å². The maximum Gasteiger partial charge on any atom is 0.127 e. The van der Waals surface area contributed by atoms with Gasteiger partial charge in [-0.25, -0.2) is 4.39 Å². The zero-order valence-corrected chi connectivity index (χ0v) is 15.5. The van der Waals surface area contributed by atoms with Crippen molar-refractivity contribution in [2.75, 3.05) is 47.4 Å². The van der Waals surface area contributed by atoms with E-state index in [2.05, 4.69) is 24.3 Å².